The van der Waals surface area contributed by atoms with Crippen LogP contribution in [0.2, 0.25) is 0 Å². The van der Waals surface area contributed by atoms with Crippen LogP contribution in [-0.2, 0) is 24.3 Å². The maximum absolute atomic E-state index is 12.1. The quantitative estimate of drug-likeness (QED) is 0.782. The number of sulfonamides is 1. The monoisotopic (exact) mass is 341 g/mol. The molecule has 7 nitrogen and oxygen atoms in total. The van der Waals surface area contributed by atoms with Crippen LogP contribution in [0.5, 0.6) is 0 Å². The molecule has 1 aliphatic rings. The fraction of sp³-hybridized carbons (Fsp3) is 0.467. The Bertz CT molecular complexity index is 682. The van der Waals surface area contributed by atoms with E-state index in [1.54, 1.807) is 6.92 Å². The maximum atomic E-state index is 12.1. The Morgan fingerprint density at radius 1 is 1.39 bits per heavy atom. The molecule has 126 valence electrons. The minimum Gasteiger partial charge on any atom is -0.463 e. The van der Waals surface area contributed by atoms with Crippen molar-refractivity contribution >= 4 is 22.0 Å². The molecule has 0 aromatic heterocycles. The predicted octanol–water partition coefficient (Wildman–Crippen LogP) is 1.24. The lowest BCUT2D eigenvalue weighted by Gasteiger charge is -2.12. The second-order valence-electron chi connectivity index (χ2n) is 5.31. The summed E-state index contributed by atoms with van der Waals surface area (Å²) >= 11 is 0. The molecule has 0 spiro atoms. The zero-order valence-corrected chi connectivity index (χ0v) is 13.8. The van der Waals surface area contributed by atoms with E-state index >= 15 is 0 Å². The molecule has 2 rings (SSSR count). The standard InChI is InChI=1S/C15H19NO6S/c1-3-10(2)16-23(19,20)12-6-4-11(5-7-12)14(17)22-13-8-9-21-15(13)18/h4-7,10,13,16H,3,8-9H2,1-2H3/t10-,13+/m0/s1. The summed E-state index contributed by atoms with van der Waals surface area (Å²) in [5, 5.41) is 0. The van der Waals surface area contributed by atoms with Gasteiger partial charge in [0.1, 0.15) is 0 Å². The molecule has 1 fully saturated rings. The van der Waals surface area contributed by atoms with Crippen molar-refractivity contribution in [3.8, 4) is 0 Å². The highest BCUT2D eigenvalue weighted by Gasteiger charge is 2.30. The first kappa shape index (κ1) is 17.4. The molecule has 1 aromatic carbocycles. The number of hydrogen-bond acceptors (Lipinski definition) is 6. The maximum Gasteiger partial charge on any atom is 0.347 e. The fourth-order valence-electron chi connectivity index (χ4n) is 1.97. The third-order valence-electron chi connectivity index (χ3n) is 3.51. The molecular weight excluding hydrogens is 322 g/mol. The van der Waals surface area contributed by atoms with Gasteiger partial charge < -0.3 is 9.47 Å². The molecule has 8 heteroatoms. The number of carbonyl (C=O) groups is 2. The van der Waals surface area contributed by atoms with Crippen LogP contribution in [0.1, 0.15) is 37.0 Å². The van der Waals surface area contributed by atoms with E-state index in [0.717, 1.165) is 0 Å². The number of nitrogens with one attached hydrogen (secondary N) is 1. The van der Waals surface area contributed by atoms with Gasteiger partial charge in [-0.05, 0) is 37.6 Å². The van der Waals surface area contributed by atoms with Crippen molar-refractivity contribution in [3.05, 3.63) is 29.8 Å². The van der Waals surface area contributed by atoms with Crippen LogP contribution in [0.25, 0.3) is 0 Å². The Hall–Kier alpha value is -1.93. The number of carbonyl (C=O) groups excluding carboxylic acids is 2. The second kappa shape index (κ2) is 7.10. The lowest BCUT2D eigenvalue weighted by Crippen LogP contribution is -2.32. The van der Waals surface area contributed by atoms with Gasteiger partial charge in [0.2, 0.25) is 16.1 Å². The van der Waals surface area contributed by atoms with Gasteiger partial charge in [0.25, 0.3) is 0 Å². The van der Waals surface area contributed by atoms with E-state index in [2.05, 4.69) is 4.72 Å². The molecule has 1 saturated heterocycles. The zero-order valence-electron chi connectivity index (χ0n) is 12.9. The van der Waals surface area contributed by atoms with E-state index < -0.39 is 28.1 Å². The Morgan fingerprint density at radius 2 is 2.04 bits per heavy atom. The molecule has 0 unspecified atom stereocenters. The molecule has 1 heterocycles. The zero-order chi connectivity index (χ0) is 17.0. The number of cyclic esters (lactones) is 1. The number of rotatable bonds is 6. The lowest BCUT2D eigenvalue weighted by atomic mass is 10.2. The lowest BCUT2D eigenvalue weighted by molar-refractivity contribution is -0.145. The smallest absolute Gasteiger partial charge is 0.347 e. The van der Waals surface area contributed by atoms with Crippen LogP contribution in [0.4, 0.5) is 0 Å². The molecule has 1 N–H and O–H groups in total. The van der Waals surface area contributed by atoms with Crippen molar-refractivity contribution in [1.29, 1.82) is 0 Å². The van der Waals surface area contributed by atoms with Crippen LogP contribution in [0.15, 0.2) is 29.2 Å². The third kappa shape index (κ3) is 4.29. The van der Waals surface area contributed by atoms with E-state index in [1.807, 2.05) is 6.92 Å². The van der Waals surface area contributed by atoms with Gasteiger partial charge in [0.15, 0.2) is 0 Å². The molecule has 2 atom stereocenters. The molecule has 1 aromatic rings. The SMILES string of the molecule is CC[C@H](C)NS(=O)(=O)c1ccc(C(=O)O[C@@H]2CCOC2=O)cc1. The number of benzene rings is 1. The Morgan fingerprint density at radius 3 is 2.57 bits per heavy atom. The van der Waals surface area contributed by atoms with Crippen molar-refractivity contribution in [1.82, 2.24) is 4.72 Å². The number of ether oxygens (including phenoxy) is 2. The van der Waals surface area contributed by atoms with Gasteiger partial charge in [-0.3, -0.25) is 0 Å². The first-order chi connectivity index (χ1) is 10.8. The van der Waals surface area contributed by atoms with Crippen molar-refractivity contribution in [2.45, 2.75) is 43.7 Å². The summed E-state index contributed by atoms with van der Waals surface area (Å²) in [5.74, 6) is -1.25. The van der Waals surface area contributed by atoms with Crippen LogP contribution >= 0.6 is 0 Å². The van der Waals surface area contributed by atoms with E-state index in [1.165, 1.54) is 24.3 Å². The molecule has 0 bridgehead atoms. The Labute approximate surface area is 135 Å². The number of esters is 2. The van der Waals surface area contributed by atoms with Gasteiger partial charge in [-0.1, -0.05) is 6.92 Å². The van der Waals surface area contributed by atoms with E-state index in [-0.39, 0.29) is 23.1 Å². The minimum atomic E-state index is -3.62. The summed E-state index contributed by atoms with van der Waals surface area (Å²) in [6.07, 6.45) is 0.106. The fourth-order valence-corrected chi connectivity index (χ4v) is 3.29. The summed E-state index contributed by atoms with van der Waals surface area (Å²) in [6.45, 7) is 3.87. The second-order valence-corrected chi connectivity index (χ2v) is 7.02. The van der Waals surface area contributed by atoms with E-state index in [4.69, 9.17) is 9.47 Å². The van der Waals surface area contributed by atoms with Crippen molar-refractivity contribution < 1.29 is 27.5 Å². The first-order valence-electron chi connectivity index (χ1n) is 7.33. The molecule has 0 amide bonds. The van der Waals surface area contributed by atoms with Gasteiger partial charge in [-0.25, -0.2) is 22.7 Å². The van der Waals surface area contributed by atoms with Crippen molar-refractivity contribution in [3.63, 3.8) is 0 Å². The molecule has 0 aliphatic carbocycles. The molecular formula is C15H19NO6S. The number of hydrogen-bond donors (Lipinski definition) is 1. The van der Waals surface area contributed by atoms with Crippen molar-refractivity contribution in [2.75, 3.05) is 6.61 Å². The van der Waals surface area contributed by atoms with Gasteiger partial charge >= 0.3 is 11.9 Å². The molecule has 0 radical (unpaired) electrons. The average Bonchev–Trinajstić information content (AvgIpc) is 2.92. The molecule has 1 aliphatic heterocycles. The van der Waals surface area contributed by atoms with Crippen LogP contribution in [0, 0.1) is 0 Å². The van der Waals surface area contributed by atoms with E-state index in [9.17, 15) is 18.0 Å². The highest BCUT2D eigenvalue weighted by Crippen LogP contribution is 2.16. The van der Waals surface area contributed by atoms with E-state index in [0.29, 0.717) is 12.8 Å². The Balaban J connectivity index is 2.07. The first-order valence-corrected chi connectivity index (χ1v) is 8.82. The summed E-state index contributed by atoms with van der Waals surface area (Å²) in [5.41, 5.74) is 0.173. The highest BCUT2D eigenvalue weighted by molar-refractivity contribution is 7.89. The summed E-state index contributed by atoms with van der Waals surface area (Å²) in [4.78, 5) is 23.3. The van der Waals surface area contributed by atoms with Gasteiger partial charge in [-0.2, -0.15) is 0 Å². The molecule has 0 saturated carbocycles. The minimum absolute atomic E-state index is 0.0645. The summed E-state index contributed by atoms with van der Waals surface area (Å²) in [7, 11) is -3.62. The van der Waals surface area contributed by atoms with Gasteiger partial charge in [0, 0.05) is 12.5 Å². The van der Waals surface area contributed by atoms with Crippen molar-refractivity contribution in [2.24, 2.45) is 0 Å². The van der Waals surface area contributed by atoms with Gasteiger partial charge in [-0.15, -0.1) is 0 Å². The largest absolute Gasteiger partial charge is 0.463 e. The van der Waals surface area contributed by atoms with Crippen LogP contribution in [0.3, 0.4) is 0 Å². The normalized spacial score (nSPS) is 19.2. The Kier molecular flexibility index (Phi) is 5.38. The van der Waals surface area contributed by atoms with Crippen LogP contribution < -0.4 is 4.72 Å². The van der Waals surface area contributed by atoms with Gasteiger partial charge in [0.05, 0.1) is 17.1 Å². The topological polar surface area (TPSA) is 98.8 Å². The summed E-state index contributed by atoms with van der Waals surface area (Å²) < 4.78 is 36.5. The summed E-state index contributed by atoms with van der Waals surface area (Å²) in [6, 6.07) is 5.18. The molecule has 23 heavy (non-hydrogen) atoms. The highest BCUT2D eigenvalue weighted by atomic mass is 32.2. The average molecular weight is 341 g/mol. The van der Waals surface area contributed by atoms with Crippen LogP contribution in [-0.4, -0.2) is 39.1 Å². The predicted molar refractivity (Wildman–Crippen MR) is 81.3 cm³/mol. The third-order valence-corrected chi connectivity index (χ3v) is 5.11.